The highest BCUT2D eigenvalue weighted by Crippen LogP contribution is 2.61. The molecule has 11 heteroatoms. The second kappa shape index (κ2) is 9.08. The topological polar surface area (TPSA) is 101 Å². The summed E-state index contributed by atoms with van der Waals surface area (Å²) in [6.07, 6.45) is 8.95. The highest BCUT2D eigenvalue weighted by atomic mass is 32.2. The molecular weight excluding hydrogens is 486 g/mol. The second-order valence-corrected chi connectivity index (χ2v) is 12.8. The summed E-state index contributed by atoms with van der Waals surface area (Å²) >= 11 is -0.622. The van der Waals surface area contributed by atoms with E-state index < -0.39 is 34.8 Å². The van der Waals surface area contributed by atoms with E-state index >= 15 is 0 Å². The second-order valence-electron chi connectivity index (χ2n) is 12.0. The molecule has 0 heterocycles. The molecule has 196 valence electrons. The van der Waals surface area contributed by atoms with Crippen LogP contribution < -0.4 is 0 Å². The zero-order valence-corrected chi connectivity index (χ0v) is 20.3. The van der Waals surface area contributed by atoms with Gasteiger partial charge in [0.2, 0.25) is 0 Å². The van der Waals surface area contributed by atoms with Crippen LogP contribution in [0, 0.1) is 46.8 Å². The van der Waals surface area contributed by atoms with Crippen molar-refractivity contribution in [1.29, 1.82) is 0 Å². The van der Waals surface area contributed by atoms with Crippen molar-refractivity contribution in [1.82, 2.24) is 0 Å². The fraction of sp³-hybridized carbons (Fsp3) is 0.917. The maximum Gasteiger partial charge on any atom is 0.415 e. The quantitative estimate of drug-likeness (QED) is 0.153. The Labute approximate surface area is 206 Å². The average molecular weight is 519 g/mol. The van der Waals surface area contributed by atoms with Crippen molar-refractivity contribution < 1.29 is 47.2 Å². The molecule has 8 nitrogen and oxygen atoms in total. The van der Waals surface area contributed by atoms with Crippen LogP contribution >= 0.6 is 12.0 Å². The lowest BCUT2D eigenvalue weighted by Gasteiger charge is -2.58. The van der Waals surface area contributed by atoms with E-state index in [1.165, 1.54) is 32.1 Å². The summed E-state index contributed by atoms with van der Waals surface area (Å²) in [6, 6.07) is 0. The van der Waals surface area contributed by atoms with Crippen molar-refractivity contribution in [2.75, 3.05) is 6.79 Å². The molecule has 0 aromatic heterocycles. The van der Waals surface area contributed by atoms with Gasteiger partial charge in [0, 0.05) is 0 Å². The Morgan fingerprint density at radius 1 is 0.857 bits per heavy atom. The lowest BCUT2D eigenvalue weighted by molar-refractivity contribution is -0.433. The van der Waals surface area contributed by atoms with Crippen molar-refractivity contribution in [3.05, 3.63) is 0 Å². The maximum absolute atomic E-state index is 13.9. The Kier molecular flexibility index (Phi) is 6.31. The van der Waals surface area contributed by atoms with Crippen molar-refractivity contribution in [3.8, 4) is 0 Å². The van der Waals surface area contributed by atoms with Gasteiger partial charge >= 0.3 is 17.2 Å². The first-order valence-corrected chi connectivity index (χ1v) is 13.5. The molecule has 0 aromatic rings. The summed E-state index contributed by atoms with van der Waals surface area (Å²) in [5.41, 5.74) is -0.655. The number of carbonyl (C=O) groups excluding carboxylic acids is 2. The molecule has 0 spiro atoms. The molecule has 1 N–H and O–H groups in total. The van der Waals surface area contributed by atoms with Gasteiger partial charge in [-0.2, -0.15) is 8.78 Å². The molecule has 8 bridgehead atoms. The van der Waals surface area contributed by atoms with Crippen LogP contribution in [-0.4, -0.2) is 41.5 Å². The normalized spacial score (nSPS) is 45.1. The van der Waals surface area contributed by atoms with Crippen LogP contribution in [0.2, 0.25) is 0 Å². The Morgan fingerprint density at radius 2 is 1.46 bits per heavy atom. The van der Waals surface area contributed by atoms with E-state index in [1.54, 1.807) is 0 Å². The van der Waals surface area contributed by atoms with E-state index in [0.717, 1.165) is 31.1 Å². The van der Waals surface area contributed by atoms with Crippen LogP contribution in [0.15, 0.2) is 0 Å². The highest BCUT2D eigenvalue weighted by Gasteiger charge is 2.61. The maximum atomic E-state index is 13.9. The largest absolute Gasteiger partial charge is 0.457 e. The molecule has 8 saturated carbocycles. The molecule has 8 fully saturated rings. The van der Waals surface area contributed by atoms with E-state index in [-0.39, 0.29) is 30.7 Å². The number of halogens is 2. The van der Waals surface area contributed by atoms with Gasteiger partial charge in [-0.1, -0.05) is 5.04 Å². The predicted molar refractivity (Wildman–Crippen MR) is 116 cm³/mol. The molecule has 2 unspecified atom stereocenters. The molecule has 8 aliphatic rings. The van der Waals surface area contributed by atoms with Crippen molar-refractivity contribution in [2.45, 2.75) is 81.7 Å². The summed E-state index contributed by atoms with van der Waals surface area (Å²) in [6.45, 7) is -0.0254. The van der Waals surface area contributed by atoms with Crippen LogP contribution in [0.25, 0.3) is 0 Å². The van der Waals surface area contributed by atoms with E-state index in [2.05, 4.69) is 9.37 Å². The summed E-state index contributed by atoms with van der Waals surface area (Å²) in [5.74, 6) is 0.832. The van der Waals surface area contributed by atoms with Crippen LogP contribution in [0.4, 0.5) is 8.78 Å². The first-order chi connectivity index (χ1) is 16.8. The van der Waals surface area contributed by atoms with Gasteiger partial charge in [0.15, 0.2) is 6.79 Å². The number of ether oxygens (including phenoxy) is 3. The minimum absolute atomic E-state index is 0.0254. The van der Waals surface area contributed by atoms with E-state index in [1.807, 2.05) is 0 Å². The van der Waals surface area contributed by atoms with Gasteiger partial charge in [-0.05, 0) is 106 Å². The zero-order chi connectivity index (χ0) is 24.4. The number of rotatable bonds is 9. The molecule has 0 aromatic carbocycles. The summed E-state index contributed by atoms with van der Waals surface area (Å²) in [5, 5.41) is 7.23. The van der Waals surface area contributed by atoms with Gasteiger partial charge in [-0.3, -0.25) is 4.79 Å². The van der Waals surface area contributed by atoms with Crippen LogP contribution in [0.5, 0.6) is 0 Å². The number of hydrogen-bond donors (Lipinski definition) is 1. The molecule has 0 aliphatic heterocycles. The lowest BCUT2D eigenvalue weighted by atomic mass is 9.48. The minimum atomic E-state index is -4.02. The van der Waals surface area contributed by atoms with Gasteiger partial charge < -0.3 is 14.2 Å². The predicted octanol–water partition coefficient (Wildman–Crippen LogP) is 4.73. The minimum Gasteiger partial charge on any atom is -0.457 e. The van der Waals surface area contributed by atoms with E-state index in [4.69, 9.17) is 19.5 Å². The van der Waals surface area contributed by atoms with Gasteiger partial charge in [-0.25, -0.2) is 10.1 Å². The Balaban J connectivity index is 1.04. The van der Waals surface area contributed by atoms with Crippen LogP contribution in [0.1, 0.15) is 64.2 Å². The van der Waals surface area contributed by atoms with Crippen molar-refractivity contribution in [3.63, 3.8) is 0 Å². The fourth-order valence-corrected chi connectivity index (χ4v) is 9.40. The van der Waals surface area contributed by atoms with Crippen LogP contribution in [-0.2, 0) is 33.2 Å². The van der Waals surface area contributed by atoms with Crippen molar-refractivity contribution >= 4 is 24.0 Å². The van der Waals surface area contributed by atoms with E-state index in [9.17, 15) is 18.4 Å². The molecule has 8 rings (SSSR count). The van der Waals surface area contributed by atoms with Crippen LogP contribution in [0.3, 0.4) is 0 Å². The Bertz CT molecular complexity index is 811. The lowest BCUT2D eigenvalue weighted by Crippen LogP contribution is -2.58. The zero-order valence-electron chi connectivity index (χ0n) is 19.4. The SMILES string of the molecule is O=C(OCOC1C2CC3CC(C2)CC1C3)C12CC3CC(C1)C(OC(=O)C(F)(F)SOOO)C(C3)C2. The molecule has 2 atom stereocenters. The monoisotopic (exact) mass is 518 g/mol. The Hall–Kier alpha value is -1.01. The molecule has 8 aliphatic carbocycles. The number of hydrogen-bond acceptors (Lipinski definition) is 9. The third-order valence-electron chi connectivity index (χ3n) is 9.86. The molecule has 0 amide bonds. The number of alkyl halides is 2. The van der Waals surface area contributed by atoms with Gasteiger partial charge in [0.1, 0.15) is 18.1 Å². The smallest absolute Gasteiger partial charge is 0.415 e. The van der Waals surface area contributed by atoms with E-state index in [0.29, 0.717) is 30.6 Å². The standard InChI is InChI=1S/C24H32F2O8S/c25-24(26,35-34-33-29)22(28)32-20-17-6-14-7-18(20)10-23(8-14,9-17)21(27)31-11-30-19-15-2-12-1-13(4-15)5-16(19)3-12/h12-20,29H,1-11H2. The van der Waals surface area contributed by atoms with Gasteiger partial charge in [-0.15, -0.1) is 4.33 Å². The first kappa shape index (κ1) is 24.3. The summed E-state index contributed by atoms with van der Waals surface area (Å²) < 4.78 is 48.6. The average Bonchev–Trinajstić information content (AvgIpc) is 2.80. The van der Waals surface area contributed by atoms with Crippen molar-refractivity contribution in [2.24, 2.45) is 46.8 Å². The molecule has 0 radical (unpaired) electrons. The third-order valence-corrected chi connectivity index (χ3v) is 10.4. The van der Waals surface area contributed by atoms with Gasteiger partial charge in [0.05, 0.1) is 11.5 Å². The molecule has 0 saturated heterocycles. The number of esters is 2. The van der Waals surface area contributed by atoms with Gasteiger partial charge in [0.25, 0.3) is 0 Å². The Morgan fingerprint density at radius 3 is 2.06 bits per heavy atom. The summed E-state index contributed by atoms with van der Waals surface area (Å²) in [4.78, 5) is 25.3. The fourth-order valence-electron chi connectivity index (χ4n) is 9.17. The third kappa shape index (κ3) is 4.39. The molecular formula is C24H32F2O8S. The highest BCUT2D eigenvalue weighted by molar-refractivity contribution is 7.96. The summed E-state index contributed by atoms with van der Waals surface area (Å²) in [7, 11) is 0. The first-order valence-electron chi connectivity index (χ1n) is 12.8. The molecule has 35 heavy (non-hydrogen) atoms. The number of carbonyl (C=O) groups is 2.